The molecule has 0 atom stereocenters. The monoisotopic (exact) mass is 772 g/mol. The zero-order valence-corrected chi connectivity index (χ0v) is 35.7. The number of hydrogen-bond donors (Lipinski definition) is 2. The van der Waals surface area contributed by atoms with E-state index in [0.717, 1.165) is 63.4 Å². The molecule has 2 aromatic rings. The summed E-state index contributed by atoms with van der Waals surface area (Å²) in [5.41, 5.74) is 4.91. The van der Waals surface area contributed by atoms with Crippen molar-refractivity contribution in [3.8, 4) is 0 Å². The van der Waals surface area contributed by atoms with E-state index in [1.165, 1.54) is 11.1 Å². The molecule has 0 radical (unpaired) electrons. The van der Waals surface area contributed by atoms with Gasteiger partial charge in [-0.2, -0.15) is 0 Å². The van der Waals surface area contributed by atoms with Crippen LogP contribution in [0.3, 0.4) is 0 Å². The van der Waals surface area contributed by atoms with Crippen molar-refractivity contribution in [1.82, 2.24) is 15.5 Å². The summed E-state index contributed by atoms with van der Waals surface area (Å²) in [6.07, 6.45) is 38.8. The van der Waals surface area contributed by atoms with Crippen molar-refractivity contribution in [3.05, 3.63) is 149 Å². The van der Waals surface area contributed by atoms with Gasteiger partial charge in [0.2, 0.25) is 5.91 Å². The van der Waals surface area contributed by atoms with Crippen LogP contribution in [0.25, 0.3) is 6.08 Å². The summed E-state index contributed by atoms with van der Waals surface area (Å²) in [4.78, 5) is 40.2. The Labute approximate surface area is 344 Å². The molecule has 57 heavy (non-hydrogen) atoms. The van der Waals surface area contributed by atoms with Gasteiger partial charge in [0.05, 0.1) is 0 Å². The minimum absolute atomic E-state index is 0.0246. The number of benzene rings is 2. The van der Waals surface area contributed by atoms with E-state index in [1.54, 1.807) is 24.3 Å². The third-order valence-corrected chi connectivity index (χ3v) is 10.5. The van der Waals surface area contributed by atoms with E-state index >= 15 is 0 Å². The van der Waals surface area contributed by atoms with Crippen molar-refractivity contribution in [2.45, 2.75) is 110 Å². The standard InChI is InChI=1S/C51H69N3O3/c1-7-8-9-10-11-12-13-14-15-16-17-18-19-20-21-22-23-24-25-26-48(56)52-37-39-54(6)40-38-53-49(57)43-30-27-42(28-31-43)29-34-47(55)44-32-33-45-46(41-44)51(4,5)36-35-50(45,2)3/h8-9,11-12,14-15,17-18,20-21,23-24,27-34,41H,7,10,13,16,19,22,25-26,35-40H2,1-6H3,(H,52,56)(H,53,57)/b9-8-,12-11-,15-14-,18-17-,21-20-,24-23-,34-29+. The van der Waals surface area contributed by atoms with E-state index in [-0.39, 0.29) is 28.4 Å². The molecule has 2 aromatic carbocycles. The summed E-state index contributed by atoms with van der Waals surface area (Å²) in [6, 6.07) is 13.4. The zero-order valence-electron chi connectivity index (χ0n) is 35.7. The number of allylic oxidation sites excluding steroid dienone is 13. The maximum Gasteiger partial charge on any atom is 0.251 e. The number of ketones is 1. The van der Waals surface area contributed by atoms with E-state index < -0.39 is 0 Å². The number of fused-ring (bicyclic) bond motifs is 1. The van der Waals surface area contributed by atoms with Crippen LogP contribution in [0.4, 0.5) is 0 Å². The summed E-state index contributed by atoms with van der Waals surface area (Å²) in [7, 11) is 1.98. The van der Waals surface area contributed by atoms with Gasteiger partial charge < -0.3 is 15.5 Å². The zero-order chi connectivity index (χ0) is 41.4. The minimum atomic E-state index is -0.141. The second kappa shape index (κ2) is 25.4. The van der Waals surface area contributed by atoms with Gasteiger partial charge in [0, 0.05) is 43.7 Å². The molecule has 3 rings (SSSR count). The lowest BCUT2D eigenvalue weighted by Gasteiger charge is -2.42. The maximum atomic E-state index is 13.1. The molecule has 0 spiro atoms. The van der Waals surface area contributed by atoms with Crippen molar-refractivity contribution >= 4 is 23.7 Å². The SMILES string of the molecule is CC/C=C\C/C=C\C/C=C\C/C=C\C/C=C\C/C=C\CCC(=O)NCCN(C)CCNC(=O)c1ccc(/C=C/C(=O)c2ccc3c(c2)C(C)(C)CCC3(C)C)cc1. The normalized spacial score (nSPS) is 15.4. The number of carbonyl (C=O) groups excluding carboxylic acids is 3. The first-order valence-corrected chi connectivity index (χ1v) is 21.0. The molecule has 6 heteroatoms. The summed E-state index contributed by atoms with van der Waals surface area (Å²) in [5.74, 6) is -0.119. The number of nitrogens with one attached hydrogen (secondary N) is 2. The van der Waals surface area contributed by atoms with E-state index in [2.05, 4.69) is 135 Å². The van der Waals surface area contributed by atoms with Gasteiger partial charge in [-0.15, -0.1) is 0 Å². The maximum absolute atomic E-state index is 13.1. The average Bonchev–Trinajstić information content (AvgIpc) is 3.19. The first kappa shape index (κ1) is 46.6. The van der Waals surface area contributed by atoms with E-state index in [1.807, 2.05) is 25.2 Å². The van der Waals surface area contributed by atoms with Gasteiger partial charge in [-0.25, -0.2) is 0 Å². The van der Waals surface area contributed by atoms with Gasteiger partial charge in [0.15, 0.2) is 5.78 Å². The molecular formula is C51H69N3O3. The van der Waals surface area contributed by atoms with E-state index in [0.29, 0.717) is 43.7 Å². The van der Waals surface area contributed by atoms with Gasteiger partial charge in [0.25, 0.3) is 5.91 Å². The molecule has 0 fully saturated rings. The van der Waals surface area contributed by atoms with E-state index in [9.17, 15) is 14.4 Å². The average molecular weight is 772 g/mol. The van der Waals surface area contributed by atoms with Crippen LogP contribution in [-0.2, 0) is 15.6 Å². The predicted octanol–water partition coefficient (Wildman–Crippen LogP) is 11.2. The predicted molar refractivity (Wildman–Crippen MR) is 242 cm³/mol. The highest BCUT2D eigenvalue weighted by atomic mass is 16.2. The highest BCUT2D eigenvalue weighted by molar-refractivity contribution is 6.07. The van der Waals surface area contributed by atoms with Crippen LogP contribution in [0, 0.1) is 0 Å². The molecular weight excluding hydrogens is 703 g/mol. The highest BCUT2D eigenvalue weighted by Crippen LogP contribution is 2.46. The lowest BCUT2D eigenvalue weighted by molar-refractivity contribution is -0.121. The molecule has 1 aliphatic rings. The Bertz CT molecular complexity index is 1770. The van der Waals surface area contributed by atoms with Gasteiger partial charge >= 0.3 is 0 Å². The first-order chi connectivity index (χ1) is 27.4. The Hall–Kier alpha value is -4.81. The molecule has 0 heterocycles. The fraction of sp³-hybridized carbons (Fsp3) is 0.431. The minimum Gasteiger partial charge on any atom is -0.355 e. The quantitative estimate of drug-likeness (QED) is 0.0633. The second-order valence-electron chi connectivity index (χ2n) is 16.2. The molecule has 0 saturated heterocycles. The molecule has 0 saturated carbocycles. The molecule has 0 unspecified atom stereocenters. The lowest BCUT2D eigenvalue weighted by Crippen LogP contribution is -2.37. The van der Waals surface area contributed by atoms with Crippen molar-refractivity contribution in [2.24, 2.45) is 0 Å². The number of carbonyl (C=O) groups is 3. The fourth-order valence-electron chi connectivity index (χ4n) is 6.66. The fourth-order valence-corrected chi connectivity index (χ4v) is 6.66. The Morgan fingerprint density at radius 2 is 1.12 bits per heavy atom. The number of amides is 2. The van der Waals surface area contributed by atoms with Crippen LogP contribution in [0.15, 0.2) is 121 Å². The first-order valence-electron chi connectivity index (χ1n) is 21.0. The summed E-state index contributed by atoms with van der Waals surface area (Å²) in [6.45, 7) is 13.7. The molecule has 0 bridgehead atoms. The highest BCUT2D eigenvalue weighted by Gasteiger charge is 2.37. The van der Waals surface area contributed by atoms with Gasteiger partial charge in [-0.05, 0) is 117 Å². The second-order valence-corrected chi connectivity index (χ2v) is 16.2. The summed E-state index contributed by atoms with van der Waals surface area (Å²) in [5, 5.41) is 5.96. The van der Waals surface area contributed by atoms with Gasteiger partial charge in [-0.3, -0.25) is 14.4 Å². The molecule has 306 valence electrons. The Balaban J connectivity index is 1.23. The molecule has 6 nitrogen and oxygen atoms in total. The van der Waals surface area contributed by atoms with Crippen LogP contribution < -0.4 is 10.6 Å². The largest absolute Gasteiger partial charge is 0.355 e. The third-order valence-electron chi connectivity index (χ3n) is 10.5. The van der Waals surface area contributed by atoms with E-state index in [4.69, 9.17) is 0 Å². The number of nitrogens with zero attached hydrogens (tertiary/aromatic N) is 1. The third kappa shape index (κ3) is 17.9. The van der Waals surface area contributed by atoms with Gasteiger partial charge in [0.1, 0.15) is 0 Å². The number of rotatable bonds is 24. The molecule has 0 aromatic heterocycles. The number of hydrogen-bond acceptors (Lipinski definition) is 4. The Morgan fingerprint density at radius 3 is 1.68 bits per heavy atom. The Morgan fingerprint density at radius 1 is 0.632 bits per heavy atom. The summed E-state index contributed by atoms with van der Waals surface area (Å²) < 4.78 is 0. The van der Waals surface area contributed by atoms with Crippen LogP contribution in [0.5, 0.6) is 0 Å². The lowest BCUT2D eigenvalue weighted by atomic mass is 9.63. The van der Waals surface area contributed by atoms with Crippen molar-refractivity contribution in [1.29, 1.82) is 0 Å². The molecule has 0 aliphatic heterocycles. The smallest absolute Gasteiger partial charge is 0.251 e. The number of likely N-dealkylation sites (N-methyl/N-ethyl adjacent to an activating group) is 1. The molecule has 2 N–H and O–H groups in total. The van der Waals surface area contributed by atoms with Crippen LogP contribution in [0.2, 0.25) is 0 Å². The van der Waals surface area contributed by atoms with Gasteiger partial charge in [-0.1, -0.05) is 138 Å². The van der Waals surface area contributed by atoms with Crippen LogP contribution in [-0.4, -0.2) is 55.7 Å². The van der Waals surface area contributed by atoms with Crippen LogP contribution in [0.1, 0.15) is 136 Å². The molecule has 1 aliphatic carbocycles. The van der Waals surface area contributed by atoms with Crippen LogP contribution >= 0.6 is 0 Å². The Kier molecular flexibility index (Phi) is 20.8. The van der Waals surface area contributed by atoms with Crippen molar-refractivity contribution in [3.63, 3.8) is 0 Å². The summed E-state index contributed by atoms with van der Waals surface area (Å²) >= 11 is 0. The molecule has 2 amide bonds. The van der Waals surface area contributed by atoms with Crippen molar-refractivity contribution < 1.29 is 14.4 Å². The van der Waals surface area contributed by atoms with Crippen molar-refractivity contribution in [2.75, 3.05) is 33.2 Å². The topological polar surface area (TPSA) is 78.5 Å².